The van der Waals surface area contributed by atoms with Gasteiger partial charge in [0.2, 0.25) is 0 Å². The van der Waals surface area contributed by atoms with Gasteiger partial charge in [-0.25, -0.2) is 0 Å². The zero-order valence-electron chi connectivity index (χ0n) is 8.46. The molecule has 15 heavy (non-hydrogen) atoms. The molecule has 0 radical (unpaired) electrons. The molecule has 0 atom stereocenters. The summed E-state index contributed by atoms with van der Waals surface area (Å²) in [5, 5.41) is 6.24. The number of rotatable bonds is 3. The molecule has 1 aromatic heterocycles. The maximum Gasteiger partial charge on any atom is 0.0494 e. The lowest BCUT2D eigenvalue weighted by atomic mass is 10.2. The zero-order valence-corrected chi connectivity index (χ0v) is 10.0. The molecule has 0 aliphatic rings. The standard InChI is InChI=1S/C12H12ClNS/c1-9-4-5-10(13)7-12(9)14-8-11-3-2-6-15-11/h2-7,14H,8H2,1H3. The van der Waals surface area contributed by atoms with Crippen LogP contribution in [0, 0.1) is 6.92 Å². The van der Waals surface area contributed by atoms with E-state index in [0.717, 1.165) is 17.3 Å². The Hall–Kier alpha value is -0.990. The molecule has 2 rings (SSSR count). The van der Waals surface area contributed by atoms with Crippen molar-refractivity contribution in [3.63, 3.8) is 0 Å². The van der Waals surface area contributed by atoms with Gasteiger partial charge in [0.25, 0.3) is 0 Å². The largest absolute Gasteiger partial charge is 0.380 e. The van der Waals surface area contributed by atoms with Crippen LogP contribution in [0.3, 0.4) is 0 Å². The highest BCUT2D eigenvalue weighted by Crippen LogP contribution is 2.21. The number of thiophene rings is 1. The Balaban J connectivity index is 2.07. The number of halogens is 1. The molecule has 0 aliphatic carbocycles. The third-order valence-corrected chi connectivity index (χ3v) is 3.34. The molecule has 0 saturated heterocycles. The van der Waals surface area contributed by atoms with Gasteiger partial charge < -0.3 is 5.32 Å². The summed E-state index contributed by atoms with van der Waals surface area (Å²) in [5.41, 5.74) is 2.33. The molecule has 2 aromatic rings. The Morgan fingerprint density at radius 3 is 2.93 bits per heavy atom. The minimum atomic E-state index is 0.772. The SMILES string of the molecule is Cc1ccc(Cl)cc1NCc1cccs1. The van der Waals surface area contributed by atoms with Crippen LogP contribution in [-0.2, 0) is 6.54 Å². The van der Waals surface area contributed by atoms with E-state index in [1.807, 2.05) is 18.2 Å². The van der Waals surface area contributed by atoms with Crippen molar-refractivity contribution in [1.82, 2.24) is 0 Å². The normalized spacial score (nSPS) is 10.3. The fourth-order valence-corrected chi connectivity index (χ4v) is 2.20. The van der Waals surface area contributed by atoms with Crippen molar-refractivity contribution in [2.45, 2.75) is 13.5 Å². The lowest BCUT2D eigenvalue weighted by molar-refractivity contribution is 1.18. The van der Waals surface area contributed by atoms with Crippen LogP contribution in [0.2, 0.25) is 5.02 Å². The summed E-state index contributed by atoms with van der Waals surface area (Å²) in [6, 6.07) is 10.1. The first kappa shape index (κ1) is 10.5. The van der Waals surface area contributed by atoms with Crippen LogP contribution < -0.4 is 5.32 Å². The summed E-state index contributed by atoms with van der Waals surface area (Å²) in [6.45, 7) is 2.94. The molecule has 3 heteroatoms. The fraction of sp³-hybridized carbons (Fsp3) is 0.167. The summed E-state index contributed by atoms with van der Waals surface area (Å²) in [5.74, 6) is 0. The topological polar surface area (TPSA) is 12.0 Å². The first-order chi connectivity index (χ1) is 7.25. The summed E-state index contributed by atoms with van der Waals surface area (Å²) in [6.07, 6.45) is 0. The van der Waals surface area contributed by atoms with Crippen LogP contribution in [0.1, 0.15) is 10.4 Å². The highest BCUT2D eigenvalue weighted by Gasteiger charge is 1.99. The molecule has 1 heterocycles. The number of anilines is 1. The smallest absolute Gasteiger partial charge is 0.0494 e. The summed E-state index contributed by atoms with van der Waals surface area (Å²) in [4.78, 5) is 1.33. The maximum atomic E-state index is 5.94. The van der Waals surface area contributed by atoms with Crippen LogP contribution >= 0.6 is 22.9 Å². The van der Waals surface area contributed by atoms with Gasteiger partial charge >= 0.3 is 0 Å². The van der Waals surface area contributed by atoms with Crippen molar-refractivity contribution in [3.8, 4) is 0 Å². The number of hydrogen-bond acceptors (Lipinski definition) is 2. The van der Waals surface area contributed by atoms with E-state index in [4.69, 9.17) is 11.6 Å². The van der Waals surface area contributed by atoms with Crippen molar-refractivity contribution < 1.29 is 0 Å². The predicted octanol–water partition coefficient (Wildman–Crippen LogP) is 4.32. The van der Waals surface area contributed by atoms with Gasteiger partial charge in [-0.1, -0.05) is 23.7 Å². The number of aryl methyl sites for hydroxylation is 1. The maximum absolute atomic E-state index is 5.94. The van der Waals surface area contributed by atoms with Gasteiger partial charge in [-0.05, 0) is 36.1 Å². The molecule has 1 nitrogen and oxygen atoms in total. The van der Waals surface area contributed by atoms with E-state index in [2.05, 4.69) is 29.8 Å². The summed E-state index contributed by atoms with van der Waals surface area (Å²) < 4.78 is 0. The van der Waals surface area contributed by atoms with Gasteiger partial charge in [-0.3, -0.25) is 0 Å². The first-order valence-corrected chi connectivity index (χ1v) is 6.04. The number of benzene rings is 1. The van der Waals surface area contributed by atoms with Gasteiger partial charge in [0.1, 0.15) is 0 Å². The minimum absolute atomic E-state index is 0.772. The van der Waals surface area contributed by atoms with E-state index in [9.17, 15) is 0 Å². The van der Waals surface area contributed by atoms with Crippen LogP contribution in [0.5, 0.6) is 0 Å². The summed E-state index contributed by atoms with van der Waals surface area (Å²) >= 11 is 7.70. The van der Waals surface area contributed by atoms with Crippen LogP contribution in [0.25, 0.3) is 0 Å². The van der Waals surface area contributed by atoms with Gasteiger partial charge in [-0.2, -0.15) is 0 Å². The number of nitrogens with one attached hydrogen (secondary N) is 1. The van der Waals surface area contributed by atoms with Crippen molar-refractivity contribution in [2.24, 2.45) is 0 Å². The summed E-state index contributed by atoms with van der Waals surface area (Å²) in [7, 11) is 0. The third kappa shape index (κ3) is 2.74. The molecule has 0 unspecified atom stereocenters. The third-order valence-electron chi connectivity index (χ3n) is 2.23. The molecule has 0 bridgehead atoms. The van der Waals surface area contributed by atoms with E-state index in [-0.39, 0.29) is 0 Å². The Morgan fingerprint density at radius 1 is 1.33 bits per heavy atom. The monoisotopic (exact) mass is 237 g/mol. The Bertz CT molecular complexity index is 437. The second-order valence-corrected chi connectivity index (χ2v) is 4.86. The van der Waals surface area contributed by atoms with Crippen LogP contribution in [0.4, 0.5) is 5.69 Å². The van der Waals surface area contributed by atoms with Gasteiger partial charge in [-0.15, -0.1) is 11.3 Å². The minimum Gasteiger partial charge on any atom is -0.380 e. The highest BCUT2D eigenvalue weighted by molar-refractivity contribution is 7.09. The lowest BCUT2D eigenvalue weighted by Crippen LogP contribution is -1.98. The van der Waals surface area contributed by atoms with Crippen LogP contribution in [0.15, 0.2) is 35.7 Å². The second-order valence-electron chi connectivity index (χ2n) is 3.39. The van der Waals surface area contributed by atoms with Gasteiger partial charge in [0.05, 0.1) is 0 Å². The predicted molar refractivity (Wildman–Crippen MR) is 67.8 cm³/mol. The molecule has 0 fully saturated rings. The molecular weight excluding hydrogens is 226 g/mol. The van der Waals surface area contributed by atoms with E-state index in [1.165, 1.54) is 10.4 Å². The lowest BCUT2D eigenvalue weighted by Gasteiger charge is -2.08. The van der Waals surface area contributed by atoms with Gasteiger partial charge in [0, 0.05) is 22.1 Å². The average molecular weight is 238 g/mol. The fourth-order valence-electron chi connectivity index (χ4n) is 1.38. The molecule has 1 aromatic carbocycles. The van der Waals surface area contributed by atoms with E-state index in [0.29, 0.717) is 0 Å². The van der Waals surface area contributed by atoms with Gasteiger partial charge in [0.15, 0.2) is 0 Å². The molecule has 78 valence electrons. The molecule has 0 spiro atoms. The second kappa shape index (κ2) is 4.69. The first-order valence-electron chi connectivity index (χ1n) is 4.78. The van der Waals surface area contributed by atoms with Crippen molar-refractivity contribution in [2.75, 3.05) is 5.32 Å². The van der Waals surface area contributed by atoms with Crippen molar-refractivity contribution in [3.05, 3.63) is 51.2 Å². The Labute approximate surface area is 98.7 Å². The van der Waals surface area contributed by atoms with Crippen molar-refractivity contribution in [1.29, 1.82) is 0 Å². The quantitative estimate of drug-likeness (QED) is 0.838. The molecule has 0 saturated carbocycles. The molecular formula is C12H12ClNS. The Kier molecular flexibility index (Phi) is 3.29. The van der Waals surface area contributed by atoms with E-state index in [1.54, 1.807) is 11.3 Å². The highest BCUT2D eigenvalue weighted by atomic mass is 35.5. The van der Waals surface area contributed by atoms with E-state index >= 15 is 0 Å². The average Bonchev–Trinajstić information content (AvgIpc) is 2.72. The molecule has 0 aliphatic heterocycles. The van der Waals surface area contributed by atoms with E-state index < -0.39 is 0 Å². The molecule has 0 amide bonds. The zero-order chi connectivity index (χ0) is 10.7. The number of hydrogen-bond donors (Lipinski definition) is 1. The van der Waals surface area contributed by atoms with Crippen molar-refractivity contribution >= 4 is 28.6 Å². The Morgan fingerprint density at radius 2 is 2.20 bits per heavy atom. The molecule has 1 N–H and O–H groups in total. The van der Waals surface area contributed by atoms with Crippen LogP contribution in [-0.4, -0.2) is 0 Å².